The van der Waals surface area contributed by atoms with Crippen LogP contribution in [0.4, 0.5) is 4.39 Å². The fraction of sp³-hybridized carbons (Fsp3) is 0.0526. The number of aromatic amines is 1. The number of nitrogens with two attached hydrogens (primary N) is 1. The minimum absolute atomic E-state index is 0.00966. The Balaban J connectivity index is 1.95. The molecule has 1 aliphatic heterocycles. The molecule has 0 saturated heterocycles. The van der Waals surface area contributed by atoms with Gasteiger partial charge in [-0.25, -0.2) is 4.39 Å². The van der Waals surface area contributed by atoms with E-state index in [1.807, 2.05) is 30.3 Å². The molecule has 1 aliphatic rings. The second-order valence-electron chi connectivity index (χ2n) is 5.66. The van der Waals surface area contributed by atoms with Crippen molar-refractivity contribution in [3.05, 3.63) is 83.0 Å². The van der Waals surface area contributed by atoms with Gasteiger partial charge in [0, 0.05) is 0 Å². The number of fused-ring (bicyclic) bond motifs is 1. The van der Waals surface area contributed by atoms with Gasteiger partial charge in [0.1, 0.15) is 17.5 Å². The largest absolute Gasteiger partial charge is 0.420 e. The van der Waals surface area contributed by atoms with Gasteiger partial charge in [0.05, 0.1) is 17.2 Å². The lowest BCUT2D eigenvalue weighted by Gasteiger charge is -2.24. The predicted molar refractivity (Wildman–Crippen MR) is 89.7 cm³/mol. The number of benzene rings is 2. The number of rotatable bonds is 2. The molecule has 122 valence electrons. The average Bonchev–Trinajstić information content (AvgIpc) is 3.05. The Labute approximate surface area is 143 Å². The van der Waals surface area contributed by atoms with Crippen LogP contribution in [0.2, 0.25) is 0 Å². The van der Waals surface area contributed by atoms with Gasteiger partial charge in [-0.05, 0) is 23.3 Å². The van der Waals surface area contributed by atoms with Crippen LogP contribution in [-0.2, 0) is 0 Å². The Morgan fingerprint density at radius 1 is 1.12 bits per heavy atom. The second-order valence-corrected chi connectivity index (χ2v) is 5.66. The summed E-state index contributed by atoms with van der Waals surface area (Å²) in [6.07, 6.45) is 0. The highest BCUT2D eigenvalue weighted by atomic mass is 19.1. The number of allylic oxidation sites excluding steroid dienone is 1. The van der Waals surface area contributed by atoms with Gasteiger partial charge in [-0.1, -0.05) is 42.5 Å². The Hall–Kier alpha value is -3.59. The molecule has 0 saturated carbocycles. The summed E-state index contributed by atoms with van der Waals surface area (Å²) in [6, 6.07) is 17.7. The van der Waals surface area contributed by atoms with Crippen molar-refractivity contribution < 1.29 is 9.13 Å². The van der Waals surface area contributed by atoms with Crippen molar-refractivity contribution in [1.82, 2.24) is 10.2 Å². The van der Waals surface area contributed by atoms with Crippen molar-refractivity contribution in [2.45, 2.75) is 5.92 Å². The maximum Gasteiger partial charge on any atom is 0.244 e. The lowest BCUT2D eigenvalue weighted by atomic mass is 9.83. The molecular weight excluding hydrogens is 319 g/mol. The minimum Gasteiger partial charge on any atom is -0.420 e. The third kappa shape index (κ3) is 2.42. The van der Waals surface area contributed by atoms with E-state index < -0.39 is 5.92 Å². The molecule has 4 rings (SSSR count). The van der Waals surface area contributed by atoms with E-state index >= 15 is 0 Å². The molecule has 1 aromatic heterocycles. The van der Waals surface area contributed by atoms with Crippen LogP contribution >= 0.6 is 0 Å². The van der Waals surface area contributed by atoms with E-state index in [-0.39, 0.29) is 17.3 Å². The lowest BCUT2D eigenvalue weighted by Crippen LogP contribution is -2.21. The van der Waals surface area contributed by atoms with Crippen LogP contribution < -0.4 is 10.5 Å². The van der Waals surface area contributed by atoms with Crippen molar-refractivity contribution in [2.75, 3.05) is 0 Å². The van der Waals surface area contributed by atoms with Crippen LogP contribution in [0, 0.1) is 17.1 Å². The summed E-state index contributed by atoms with van der Waals surface area (Å²) in [6.45, 7) is 0. The average molecular weight is 332 g/mol. The Morgan fingerprint density at radius 3 is 2.52 bits per heavy atom. The number of nitrogens with one attached hydrogen (secondary N) is 1. The number of aromatic nitrogens is 2. The highest BCUT2D eigenvalue weighted by Crippen LogP contribution is 2.45. The zero-order chi connectivity index (χ0) is 17.4. The number of hydrogen-bond acceptors (Lipinski definition) is 4. The van der Waals surface area contributed by atoms with Crippen LogP contribution in [0.5, 0.6) is 5.88 Å². The van der Waals surface area contributed by atoms with Crippen LogP contribution in [0.15, 0.2) is 66.1 Å². The predicted octanol–water partition coefficient (Wildman–Crippen LogP) is 3.43. The second kappa shape index (κ2) is 5.80. The smallest absolute Gasteiger partial charge is 0.244 e. The first-order chi connectivity index (χ1) is 12.2. The van der Waals surface area contributed by atoms with Crippen LogP contribution in [-0.4, -0.2) is 10.2 Å². The number of H-pyrrole nitrogens is 1. The van der Waals surface area contributed by atoms with Crippen molar-refractivity contribution in [1.29, 1.82) is 5.26 Å². The zero-order valence-electron chi connectivity index (χ0n) is 13.0. The summed E-state index contributed by atoms with van der Waals surface area (Å²) in [4.78, 5) is 0. The van der Waals surface area contributed by atoms with Crippen molar-refractivity contribution in [2.24, 2.45) is 5.73 Å². The molecule has 0 aliphatic carbocycles. The molecular formula is C19H13FN4O. The summed E-state index contributed by atoms with van der Waals surface area (Å²) in [5, 5.41) is 16.8. The topological polar surface area (TPSA) is 87.7 Å². The quantitative estimate of drug-likeness (QED) is 0.752. The first-order valence-corrected chi connectivity index (χ1v) is 7.65. The maximum absolute atomic E-state index is 13.3. The van der Waals surface area contributed by atoms with E-state index in [9.17, 15) is 9.65 Å². The van der Waals surface area contributed by atoms with Gasteiger partial charge in [0.25, 0.3) is 0 Å². The normalized spacial score (nSPS) is 16.1. The third-order valence-corrected chi connectivity index (χ3v) is 4.20. The lowest BCUT2D eigenvalue weighted by molar-refractivity contribution is 0.379. The first-order valence-electron chi connectivity index (χ1n) is 7.65. The van der Waals surface area contributed by atoms with Gasteiger partial charge in [-0.3, -0.25) is 5.10 Å². The van der Waals surface area contributed by atoms with Crippen LogP contribution in [0.25, 0.3) is 11.3 Å². The highest BCUT2D eigenvalue weighted by molar-refractivity contribution is 5.70. The van der Waals surface area contributed by atoms with Gasteiger partial charge in [0.15, 0.2) is 0 Å². The molecule has 0 amide bonds. The first kappa shape index (κ1) is 15.0. The molecule has 1 atom stereocenters. The summed E-state index contributed by atoms with van der Waals surface area (Å²) in [7, 11) is 0. The SMILES string of the molecule is N#CC1=C(N)Oc2n[nH]c(-c3ccccc3)c2[C@@H]1c1ccc(F)cc1. The van der Waals surface area contributed by atoms with Crippen molar-refractivity contribution >= 4 is 0 Å². The molecule has 0 unspecified atom stereocenters. The number of nitrogens with zero attached hydrogens (tertiary/aromatic N) is 2. The standard InChI is InChI=1S/C19H13FN4O/c20-13-8-6-11(7-9-13)15-14(10-21)18(22)25-19-16(15)17(23-24-19)12-4-2-1-3-5-12/h1-9,15H,22H2,(H,23,24)/t15-/m1/s1. The maximum atomic E-state index is 13.3. The molecule has 3 aromatic rings. The molecule has 0 radical (unpaired) electrons. The fourth-order valence-electron chi connectivity index (χ4n) is 3.06. The van der Waals surface area contributed by atoms with Gasteiger partial charge < -0.3 is 10.5 Å². The zero-order valence-corrected chi connectivity index (χ0v) is 13.0. The molecule has 0 fully saturated rings. The minimum atomic E-state index is -0.483. The van der Waals surface area contributed by atoms with Gasteiger partial charge in [-0.15, -0.1) is 5.10 Å². The van der Waals surface area contributed by atoms with E-state index in [2.05, 4.69) is 16.3 Å². The molecule has 2 aromatic carbocycles. The third-order valence-electron chi connectivity index (χ3n) is 4.20. The number of nitriles is 1. The number of halogens is 1. The van der Waals surface area contributed by atoms with Gasteiger partial charge in [0.2, 0.25) is 11.8 Å². The van der Waals surface area contributed by atoms with E-state index in [0.29, 0.717) is 11.4 Å². The molecule has 2 heterocycles. The van der Waals surface area contributed by atoms with Crippen LogP contribution in [0.3, 0.4) is 0 Å². The van der Waals surface area contributed by atoms with Gasteiger partial charge >= 0.3 is 0 Å². The number of ether oxygens (including phenoxy) is 1. The van der Waals surface area contributed by atoms with Crippen LogP contribution in [0.1, 0.15) is 17.0 Å². The molecule has 3 N–H and O–H groups in total. The fourth-order valence-corrected chi connectivity index (χ4v) is 3.06. The molecule has 0 bridgehead atoms. The van der Waals surface area contributed by atoms with E-state index in [0.717, 1.165) is 16.8 Å². The number of hydrogen-bond donors (Lipinski definition) is 2. The van der Waals surface area contributed by atoms with Gasteiger partial charge in [-0.2, -0.15) is 5.26 Å². The molecule has 6 heteroatoms. The summed E-state index contributed by atoms with van der Waals surface area (Å²) >= 11 is 0. The van der Waals surface area contributed by atoms with E-state index in [1.165, 1.54) is 12.1 Å². The summed E-state index contributed by atoms with van der Waals surface area (Å²) < 4.78 is 18.9. The van der Waals surface area contributed by atoms with Crippen molar-refractivity contribution in [3.8, 4) is 23.2 Å². The molecule has 0 spiro atoms. The summed E-state index contributed by atoms with van der Waals surface area (Å²) in [5.41, 5.74) is 9.29. The Kier molecular flexibility index (Phi) is 3.47. The molecule has 5 nitrogen and oxygen atoms in total. The van der Waals surface area contributed by atoms with E-state index in [1.54, 1.807) is 12.1 Å². The molecule has 25 heavy (non-hydrogen) atoms. The Morgan fingerprint density at radius 2 is 1.84 bits per heavy atom. The Bertz CT molecular complexity index is 1000. The monoisotopic (exact) mass is 332 g/mol. The van der Waals surface area contributed by atoms with Crippen molar-refractivity contribution in [3.63, 3.8) is 0 Å². The highest BCUT2D eigenvalue weighted by Gasteiger charge is 2.35. The summed E-state index contributed by atoms with van der Waals surface area (Å²) in [5.74, 6) is -0.495. The van der Waals surface area contributed by atoms with E-state index in [4.69, 9.17) is 10.5 Å².